The molecule has 0 saturated heterocycles. The van der Waals surface area contributed by atoms with Crippen molar-refractivity contribution >= 4 is 11.6 Å². The molecule has 0 aromatic heterocycles. The monoisotopic (exact) mass is 261 g/mol. The number of hydrogen-bond donors (Lipinski definition) is 2. The molecule has 4 heteroatoms. The van der Waals surface area contributed by atoms with Crippen LogP contribution in [0.3, 0.4) is 0 Å². The zero-order chi connectivity index (χ0) is 14.2. The Hall–Kier alpha value is -1.55. The van der Waals surface area contributed by atoms with Crippen molar-refractivity contribution in [1.29, 1.82) is 0 Å². The number of hydrogen-bond acceptors (Lipinski definition) is 3. The van der Waals surface area contributed by atoms with E-state index in [1.165, 1.54) is 11.1 Å². The first kappa shape index (κ1) is 13.9. The van der Waals surface area contributed by atoms with Gasteiger partial charge in [-0.2, -0.15) is 0 Å². The predicted octanol–water partition coefficient (Wildman–Crippen LogP) is 1.33. The number of likely N-dealkylation sites (N-methyl/N-ethyl adjacent to an activating group) is 1. The lowest BCUT2D eigenvalue weighted by Gasteiger charge is -2.32. The highest BCUT2D eigenvalue weighted by Gasteiger charge is 2.47. The number of primary amides is 1. The molecule has 19 heavy (non-hydrogen) atoms. The Labute approximate surface area is 114 Å². The van der Waals surface area contributed by atoms with E-state index < -0.39 is 11.4 Å². The molecule has 1 saturated carbocycles. The number of nitrogens with two attached hydrogens (primary N) is 2. The van der Waals surface area contributed by atoms with E-state index in [-0.39, 0.29) is 5.92 Å². The minimum atomic E-state index is -0.910. The fourth-order valence-corrected chi connectivity index (χ4v) is 2.66. The molecule has 0 bridgehead atoms. The number of aryl methyl sites for hydroxylation is 2. The standard InChI is InChI=1S/C15H23N3O/c1-10-6-11(2)8-13(7-10)18(3)9-15(17,14(16)19)12-4-5-12/h6-8,12H,4-5,9,17H2,1-3H3,(H2,16,19). The highest BCUT2D eigenvalue weighted by molar-refractivity contribution is 5.86. The number of carbonyl (C=O) groups excluding carboxylic acids is 1. The van der Waals surface area contributed by atoms with Crippen LogP contribution < -0.4 is 16.4 Å². The van der Waals surface area contributed by atoms with Crippen molar-refractivity contribution in [2.75, 3.05) is 18.5 Å². The highest BCUT2D eigenvalue weighted by Crippen LogP contribution is 2.39. The average Bonchev–Trinajstić information content (AvgIpc) is 3.10. The lowest BCUT2D eigenvalue weighted by Crippen LogP contribution is -2.60. The van der Waals surface area contributed by atoms with E-state index in [0.717, 1.165) is 18.5 Å². The Balaban J connectivity index is 2.19. The summed E-state index contributed by atoms with van der Waals surface area (Å²) in [6.07, 6.45) is 2.00. The van der Waals surface area contributed by atoms with Crippen LogP contribution in [-0.2, 0) is 4.79 Å². The van der Waals surface area contributed by atoms with E-state index in [1.54, 1.807) is 0 Å². The second kappa shape index (κ2) is 4.85. The quantitative estimate of drug-likeness (QED) is 0.840. The molecule has 0 radical (unpaired) electrons. The molecule has 0 heterocycles. The third-order valence-electron chi connectivity index (χ3n) is 3.91. The zero-order valence-electron chi connectivity index (χ0n) is 11.9. The number of nitrogens with zero attached hydrogens (tertiary/aromatic N) is 1. The predicted molar refractivity (Wildman–Crippen MR) is 78.0 cm³/mol. The van der Waals surface area contributed by atoms with Gasteiger partial charge in [-0.3, -0.25) is 4.79 Å². The molecule has 1 atom stereocenters. The lowest BCUT2D eigenvalue weighted by molar-refractivity contribution is -0.123. The number of amides is 1. The molecule has 0 aliphatic heterocycles. The summed E-state index contributed by atoms with van der Waals surface area (Å²) in [6.45, 7) is 4.60. The molecule has 1 aliphatic carbocycles. The van der Waals surface area contributed by atoms with Crippen LogP contribution in [-0.4, -0.2) is 25.0 Å². The fraction of sp³-hybridized carbons (Fsp3) is 0.533. The van der Waals surface area contributed by atoms with E-state index in [2.05, 4.69) is 32.0 Å². The van der Waals surface area contributed by atoms with Crippen LogP contribution in [0, 0.1) is 19.8 Å². The molecule has 4 N–H and O–H groups in total. The highest BCUT2D eigenvalue weighted by atomic mass is 16.1. The van der Waals surface area contributed by atoms with Crippen LogP contribution in [0.1, 0.15) is 24.0 Å². The third-order valence-corrected chi connectivity index (χ3v) is 3.91. The first-order valence-corrected chi connectivity index (χ1v) is 6.71. The van der Waals surface area contributed by atoms with Gasteiger partial charge in [-0.25, -0.2) is 0 Å². The molecular weight excluding hydrogens is 238 g/mol. The zero-order valence-corrected chi connectivity index (χ0v) is 11.9. The smallest absolute Gasteiger partial charge is 0.239 e. The van der Waals surface area contributed by atoms with Gasteiger partial charge in [-0.1, -0.05) is 6.07 Å². The van der Waals surface area contributed by atoms with Gasteiger partial charge in [-0.05, 0) is 55.9 Å². The normalized spacial score (nSPS) is 17.9. The lowest BCUT2D eigenvalue weighted by atomic mass is 9.92. The van der Waals surface area contributed by atoms with Gasteiger partial charge in [0.15, 0.2) is 0 Å². The van der Waals surface area contributed by atoms with Gasteiger partial charge in [0.05, 0.1) is 0 Å². The van der Waals surface area contributed by atoms with Gasteiger partial charge in [-0.15, -0.1) is 0 Å². The largest absolute Gasteiger partial charge is 0.372 e. The van der Waals surface area contributed by atoms with Crippen molar-refractivity contribution in [1.82, 2.24) is 0 Å². The molecule has 1 aromatic carbocycles. The topological polar surface area (TPSA) is 72.3 Å². The van der Waals surface area contributed by atoms with E-state index in [4.69, 9.17) is 11.5 Å². The average molecular weight is 261 g/mol. The van der Waals surface area contributed by atoms with Crippen LogP contribution in [0.25, 0.3) is 0 Å². The first-order chi connectivity index (χ1) is 8.83. The van der Waals surface area contributed by atoms with Crippen LogP contribution in [0.2, 0.25) is 0 Å². The van der Waals surface area contributed by atoms with Crippen molar-refractivity contribution < 1.29 is 4.79 Å². The maximum absolute atomic E-state index is 11.7. The van der Waals surface area contributed by atoms with Crippen molar-refractivity contribution in [3.05, 3.63) is 29.3 Å². The summed E-state index contributed by atoms with van der Waals surface area (Å²) in [4.78, 5) is 13.7. The third kappa shape index (κ3) is 2.89. The van der Waals surface area contributed by atoms with Crippen molar-refractivity contribution in [3.63, 3.8) is 0 Å². The number of rotatable bonds is 5. The van der Waals surface area contributed by atoms with Gasteiger partial charge < -0.3 is 16.4 Å². The van der Waals surface area contributed by atoms with Crippen molar-refractivity contribution in [3.8, 4) is 0 Å². The minimum absolute atomic E-state index is 0.235. The second-order valence-corrected chi connectivity index (χ2v) is 5.88. The maximum Gasteiger partial charge on any atom is 0.239 e. The maximum atomic E-state index is 11.7. The van der Waals surface area contributed by atoms with Crippen LogP contribution in [0.5, 0.6) is 0 Å². The molecule has 2 rings (SSSR count). The van der Waals surface area contributed by atoms with Crippen LogP contribution >= 0.6 is 0 Å². The fourth-order valence-electron chi connectivity index (χ4n) is 2.66. The Bertz CT molecular complexity index is 476. The molecule has 104 valence electrons. The van der Waals surface area contributed by atoms with Crippen molar-refractivity contribution in [2.24, 2.45) is 17.4 Å². The summed E-state index contributed by atoms with van der Waals surface area (Å²) >= 11 is 0. The Kier molecular flexibility index (Phi) is 3.54. The molecular formula is C15H23N3O. The van der Waals surface area contributed by atoms with Gasteiger partial charge in [0.2, 0.25) is 5.91 Å². The SMILES string of the molecule is Cc1cc(C)cc(N(C)CC(N)(C(N)=O)C2CC2)c1. The Morgan fingerprint density at radius 3 is 2.26 bits per heavy atom. The van der Waals surface area contributed by atoms with Gasteiger partial charge in [0.1, 0.15) is 5.54 Å². The van der Waals surface area contributed by atoms with Crippen LogP contribution in [0.4, 0.5) is 5.69 Å². The number of benzene rings is 1. The minimum Gasteiger partial charge on any atom is -0.372 e. The van der Waals surface area contributed by atoms with Gasteiger partial charge >= 0.3 is 0 Å². The van der Waals surface area contributed by atoms with E-state index in [1.807, 2.05) is 11.9 Å². The summed E-state index contributed by atoms with van der Waals surface area (Å²) in [6, 6.07) is 6.32. The molecule has 1 aromatic rings. The summed E-state index contributed by atoms with van der Waals surface area (Å²) < 4.78 is 0. The van der Waals surface area contributed by atoms with E-state index in [9.17, 15) is 4.79 Å². The van der Waals surface area contributed by atoms with Gasteiger partial charge in [0, 0.05) is 19.3 Å². The Morgan fingerprint density at radius 1 is 1.32 bits per heavy atom. The molecule has 1 unspecified atom stereocenters. The molecule has 4 nitrogen and oxygen atoms in total. The number of carbonyl (C=O) groups is 1. The molecule has 1 aliphatic rings. The molecule has 1 amide bonds. The van der Waals surface area contributed by atoms with Crippen LogP contribution in [0.15, 0.2) is 18.2 Å². The van der Waals surface area contributed by atoms with Gasteiger partial charge in [0.25, 0.3) is 0 Å². The molecule has 0 spiro atoms. The molecule has 1 fully saturated rings. The summed E-state index contributed by atoms with van der Waals surface area (Å²) in [5, 5.41) is 0. The van der Waals surface area contributed by atoms with E-state index >= 15 is 0 Å². The van der Waals surface area contributed by atoms with Crippen molar-refractivity contribution in [2.45, 2.75) is 32.2 Å². The summed E-state index contributed by atoms with van der Waals surface area (Å²) in [7, 11) is 1.96. The summed E-state index contributed by atoms with van der Waals surface area (Å²) in [5.74, 6) is -0.162. The Morgan fingerprint density at radius 2 is 1.84 bits per heavy atom. The number of anilines is 1. The second-order valence-electron chi connectivity index (χ2n) is 5.88. The van der Waals surface area contributed by atoms with E-state index in [0.29, 0.717) is 6.54 Å². The first-order valence-electron chi connectivity index (χ1n) is 6.71. The summed E-state index contributed by atoms with van der Waals surface area (Å²) in [5.41, 5.74) is 14.3.